The molecule has 1 N–H and O–H groups in total. The molecular formula is C47H33N3. The van der Waals surface area contributed by atoms with E-state index in [9.17, 15) is 0 Å². The van der Waals surface area contributed by atoms with Crippen LogP contribution < -0.4 is 5.32 Å². The van der Waals surface area contributed by atoms with Gasteiger partial charge in [-0.05, 0) is 74.5 Å². The molecule has 0 amide bonds. The summed E-state index contributed by atoms with van der Waals surface area (Å²) in [5, 5.41) is 7.21. The predicted octanol–water partition coefficient (Wildman–Crippen LogP) is 11.5. The highest BCUT2D eigenvalue weighted by Gasteiger charge is 2.20. The molecule has 8 aromatic rings. The van der Waals surface area contributed by atoms with Crippen LogP contribution in [0.4, 0.5) is 0 Å². The molecule has 1 aromatic heterocycles. The van der Waals surface area contributed by atoms with Crippen molar-refractivity contribution in [3.8, 4) is 33.5 Å². The van der Waals surface area contributed by atoms with Crippen LogP contribution in [0.5, 0.6) is 0 Å². The van der Waals surface area contributed by atoms with E-state index in [4.69, 9.17) is 9.98 Å². The Balaban J connectivity index is 1.14. The smallest absolute Gasteiger partial charge is 0.145 e. The molecule has 1 aliphatic heterocycles. The van der Waals surface area contributed by atoms with E-state index in [1.54, 1.807) is 0 Å². The fourth-order valence-electron chi connectivity index (χ4n) is 6.98. The van der Waals surface area contributed by atoms with Crippen LogP contribution in [-0.2, 0) is 0 Å². The van der Waals surface area contributed by atoms with E-state index in [0.717, 1.165) is 56.0 Å². The number of allylic oxidation sites excluding steroid dienone is 1. The molecule has 7 aromatic carbocycles. The van der Waals surface area contributed by atoms with Crippen LogP contribution >= 0.6 is 0 Å². The van der Waals surface area contributed by atoms with Gasteiger partial charge in [0.2, 0.25) is 0 Å². The number of aromatic nitrogens is 1. The van der Waals surface area contributed by atoms with E-state index in [-0.39, 0.29) is 6.17 Å². The molecule has 0 saturated carbocycles. The Hall–Kier alpha value is -6.58. The largest absolute Gasteiger partial charge is 0.360 e. The summed E-state index contributed by atoms with van der Waals surface area (Å²) in [7, 11) is 0. The maximum atomic E-state index is 5.21. The molecule has 1 atom stereocenters. The van der Waals surface area contributed by atoms with E-state index in [0.29, 0.717) is 0 Å². The summed E-state index contributed by atoms with van der Waals surface area (Å²) in [6, 6.07) is 64.1. The van der Waals surface area contributed by atoms with Gasteiger partial charge in [-0.25, -0.2) is 4.98 Å². The van der Waals surface area contributed by atoms with Crippen LogP contribution in [0.2, 0.25) is 0 Å². The van der Waals surface area contributed by atoms with Crippen molar-refractivity contribution in [1.29, 1.82) is 0 Å². The fourth-order valence-corrected chi connectivity index (χ4v) is 6.98. The minimum Gasteiger partial charge on any atom is -0.360 e. The van der Waals surface area contributed by atoms with Crippen LogP contribution in [-0.4, -0.2) is 10.7 Å². The van der Waals surface area contributed by atoms with Crippen LogP contribution in [0.15, 0.2) is 193 Å². The number of pyridine rings is 1. The normalized spacial score (nSPS) is 14.2. The highest BCUT2D eigenvalue weighted by atomic mass is 15.1. The fraction of sp³-hybridized carbons (Fsp3) is 0.0213. The monoisotopic (exact) mass is 639 g/mol. The minimum absolute atomic E-state index is 0.182. The molecule has 0 radical (unpaired) electrons. The molecular weight excluding hydrogens is 607 g/mol. The van der Waals surface area contributed by atoms with Gasteiger partial charge in [-0.15, -0.1) is 0 Å². The first-order valence-corrected chi connectivity index (χ1v) is 17.0. The van der Waals surface area contributed by atoms with E-state index in [1.807, 2.05) is 18.2 Å². The summed E-state index contributed by atoms with van der Waals surface area (Å²) < 4.78 is 0. The molecule has 2 heterocycles. The highest BCUT2D eigenvalue weighted by molar-refractivity contribution is 6.15. The third-order valence-electron chi connectivity index (χ3n) is 9.48. The Morgan fingerprint density at radius 1 is 0.460 bits per heavy atom. The van der Waals surface area contributed by atoms with Gasteiger partial charge in [-0.1, -0.05) is 158 Å². The molecule has 0 bridgehead atoms. The van der Waals surface area contributed by atoms with Crippen molar-refractivity contribution in [2.75, 3.05) is 0 Å². The van der Waals surface area contributed by atoms with Gasteiger partial charge < -0.3 is 5.32 Å². The van der Waals surface area contributed by atoms with Gasteiger partial charge in [0.25, 0.3) is 0 Å². The quantitative estimate of drug-likeness (QED) is 0.184. The average molecular weight is 640 g/mol. The maximum absolute atomic E-state index is 5.21. The van der Waals surface area contributed by atoms with Gasteiger partial charge >= 0.3 is 0 Å². The third-order valence-corrected chi connectivity index (χ3v) is 9.48. The molecule has 0 fully saturated rings. The molecule has 0 aliphatic carbocycles. The first-order chi connectivity index (χ1) is 24.8. The second kappa shape index (κ2) is 12.8. The second-order valence-corrected chi connectivity index (χ2v) is 12.7. The molecule has 3 heteroatoms. The molecule has 0 saturated heterocycles. The number of hydrogen-bond donors (Lipinski definition) is 1. The topological polar surface area (TPSA) is 37.3 Å². The Labute approximate surface area is 292 Å². The molecule has 0 spiro atoms. The summed E-state index contributed by atoms with van der Waals surface area (Å²) >= 11 is 0. The number of rotatable bonds is 6. The van der Waals surface area contributed by atoms with E-state index < -0.39 is 0 Å². The van der Waals surface area contributed by atoms with Gasteiger partial charge in [0.1, 0.15) is 6.17 Å². The van der Waals surface area contributed by atoms with Crippen LogP contribution in [0.3, 0.4) is 0 Å². The number of benzene rings is 7. The summed E-state index contributed by atoms with van der Waals surface area (Å²) in [5.74, 6) is 0. The number of nitrogens with one attached hydrogen (secondary N) is 1. The number of nitrogens with zero attached hydrogens (tertiary/aromatic N) is 2. The lowest BCUT2D eigenvalue weighted by Gasteiger charge is -2.25. The van der Waals surface area contributed by atoms with Gasteiger partial charge in [-0.3, -0.25) is 4.99 Å². The second-order valence-electron chi connectivity index (χ2n) is 12.7. The minimum atomic E-state index is -0.182. The first kappa shape index (κ1) is 29.6. The summed E-state index contributed by atoms with van der Waals surface area (Å²) in [6.07, 6.45) is 1.99. The van der Waals surface area contributed by atoms with Crippen molar-refractivity contribution < 1.29 is 0 Å². The SMILES string of the molecule is C1=C(c2ccccc2)NC(c2ccccc2)N=C1c1cccc(-c2ccc3c(ccc4nc(-c5ccccc5)cc(-c5ccccc5)c43)c2)c1. The van der Waals surface area contributed by atoms with Crippen LogP contribution in [0.1, 0.15) is 22.9 Å². The lowest BCUT2D eigenvalue weighted by atomic mass is 9.92. The number of aliphatic imine (C=N–C) groups is 1. The van der Waals surface area contributed by atoms with E-state index >= 15 is 0 Å². The van der Waals surface area contributed by atoms with E-state index in [2.05, 4.69) is 175 Å². The predicted molar refractivity (Wildman–Crippen MR) is 209 cm³/mol. The zero-order valence-corrected chi connectivity index (χ0v) is 27.4. The first-order valence-electron chi connectivity index (χ1n) is 17.0. The Kier molecular flexibility index (Phi) is 7.56. The van der Waals surface area contributed by atoms with Gasteiger partial charge in [0.05, 0.1) is 16.9 Å². The lowest BCUT2D eigenvalue weighted by Crippen LogP contribution is -2.24. The van der Waals surface area contributed by atoms with Crippen molar-refractivity contribution in [3.63, 3.8) is 0 Å². The van der Waals surface area contributed by atoms with Crippen molar-refractivity contribution >= 4 is 33.1 Å². The molecule has 1 aliphatic rings. The van der Waals surface area contributed by atoms with Crippen molar-refractivity contribution in [3.05, 3.63) is 205 Å². The molecule has 50 heavy (non-hydrogen) atoms. The van der Waals surface area contributed by atoms with Gasteiger partial charge in [0.15, 0.2) is 0 Å². The Bertz CT molecular complexity index is 2540. The van der Waals surface area contributed by atoms with Crippen molar-refractivity contribution in [1.82, 2.24) is 10.3 Å². The number of hydrogen-bond acceptors (Lipinski definition) is 3. The molecule has 236 valence electrons. The summed E-state index contributed by atoms with van der Waals surface area (Å²) in [4.78, 5) is 10.4. The molecule has 9 rings (SSSR count). The molecule has 3 nitrogen and oxygen atoms in total. The highest BCUT2D eigenvalue weighted by Crippen LogP contribution is 2.38. The zero-order chi connectivity index (χ0) is 33.3. The lowest BCUT2D eigenvalue weighted by molar-refractivity contribution is 0.664. The summed E-state index contributed by atoms with van der Waals surface area (Å²) in [6.45, 7) is 0. The van der Waals surface area contributed by atoms with Crippen LogP contribution in [0.25, 0.3) is 60.9 Å². The van der Waals surface area contributed by atoms with E-state index in [1.165, 1.54) is 27.3 Å². The van der Waals surface area contributed by atoms with Gasteiger partial charge in [-0.2, -0.15) is 0 Å². The Morgan fingerprint density at radius 2 is 1.08 bits per heavy atom. The van der Waals surface area contributed by atoms with Gasteiger partial charge in [0, 0.05) is 22.2 Å². The molecule has 1 unspecified atom stereocenters. The third kappa shape index (κ3) is 5.65. The van der Waals surface area contributed by atoms with Crippen LogP contribution in [0, 0.1) is 0 Å². The zero-order valence-electron chi connectivity index (χ0n) is 27.4. The number of fused-ring (bicyclic) bond motifs is 3. The average Bonchev–Trinajstić information content (AvgIpc) is 3.21. The Morgan fingerprint density at radius 3 is 1.82 bits per heavy atom. The summed E-state index contributed by atoms with van der Waals surface area (Å²) in [5.41, 5.74) is 13.1. The standard InChI is InChI=1S/C47H33N3/c1-5-14-32(15-6-1)41-30-43(33-16-7-2-8-17-33)48-42-27-25-38-28-37(24-26-40(38)46(41)42)36-22-13-23-39(29-36)45-31-44(34-18-9-3-10-19-34)49-47(50-45)35-20-11-4-12-21-35/h1-31,47,49H. The maximum Gasteiger partial charge on any atom is 0.145 e. The van der Waals surface area contributed by atoms with Crippen molar-refractivity contribution in [2.45, 2.75) is 6.17 Å². The van der Waals surface area contributed by atoms with Crippen molar-refractivity contribution in [2.24, 2.45) is 4.99 Å².